The third-order valence-corrected chi connectivity index (χ3v) is 7.33. The number of carbonyl (C=O) groups is 3. The van der Waals surface area contributed by atoms with Crippen LogP contribution in [0.4, 0.5) is 13.2 Å². The maximum Gasteiger partial charge on any atom is 0.453 e. The molecule has 0 spiro atoms. The SMILES string of the molecule is O=C1CCC(N2Cc3cccc(OCc4ccc(CN5CCn6nc(C(F)(F)F)nc6C5)cc4)c3C2=O)C(=O)N1. The Kier molecular flexibility index (Phi) is 6.53. The number of piperidine rings is 1. The number of hydrogen-bond donors (Lipinski definition) is 1. The quantitative estimate of drug-likeness (QED) is 0.467. The lowest BCUT2D eigenvalue weighted by molar-refractivity contribution is -0.145. The number of halogens is 3. The highest BCUT2D eigenvalue weighted by Crippen LogP contribution is 2.34. The van der Waals surface area contributed by atoms with Gasteiger partial charge in [-0.1, -0.05) is 36.4 Å². The number of nitrogens with one attached hydrogen (secondary N) is 1. The van der Waals surface area contributed by atoms with Crippen molar-refractivity contribution in [2.24, 2.45) is 0 Å². The second-order valence-electron chi connectivity index (χ2n) is 10.1. The van der Waals surface area contributed by atoms with Crippen molar-refractivity contribution in [1.82, 2.24) is 29.9 Å². The van der Waals surface area contributed by atoms with Crippen LogP contribution in [0.2, 0.25) is 0 Å². The molecule has 1 fully saturated rings. The number of carbonyl (C=O) groups excluding carboxylic acids is 3. The van der Waals surface area contributed by atoms with Gasteiger partial charge >= 0.3 is 6.18 Å². The number of amides is 3. The average Bonchev–Trinajstić information content (AvgIpc) is 3.50. The van der Waals surface area contributed by atoms with Crippen LogP contribution >= 0.6 is 0 Å². The molecule has 0 bridgehead atoms. The monoisotopic (exact) mass is 554 g/mol. The summed E-state index contributed by atoms with van der Waals surface area (Å²) in [6.07, 6.45) is -4.08. The van der Waals surface area contributed by atoms with Gasteiger partial charge in [0.2, 0.25) is 11.8 Å². The van der Waals surface area contributed by atoms with E-state index in [2.05, 4.69) is 15.4 Å². The molecule has 0 radical (unpaired) electrons. The molecule has 1 atom stereocenters. The summed E-state index contributed by atoms with van der Waals surface area (Å²) in [5.74, 6) is -1.47. The molecule has 1 aromatic heterocycles. The van der Waals surface area contributed by atoms with Gasteiger partial charge in [0, 0.05) is 26.1 Å². The maximum absolute atomic E-state index is 13.2. The Morgan fingerprint density at radius 1 is 1.00 bits per heavy atom. The van der Waals surface area contributed by atoms with Crippen LogP contribution in [0.1, 0.15) is 51.5 Å². The molecule has 1 unspecified atom stereocenters. The summed E-state index contributed by atoms with van der Waals surface area (Å²) in [4.78, 5) is 44.2. The largest absolute Gasteiger partial charge is 0.488 e. The molecule has 1 saturated heterocycles. The first-order valence-electron chi connectivity index (χ1n) is 12.9. The number of ether oxygens (including phenoxy) is 1. The molecule has 3 amide bonds. The summed E-state index contributed by atoms with van der Waals surface area (Å²) < 4.78 is 46.1. The Morgan fingerprint density at radius 2 is 1.77 bits per heavy atom. The highest BCUT2D eigenvalue weighted by molar-refractivity contribution is 6.06. The highest BCUT2D eigenvalue weighted by Gasteiger charge is 2.40. The third-order valence-electron chi connectivity index (χ3n) is 7.33. The lowest BCUT2D eigenvalue weighted by Gasteiger charge is -2.29. The minimum absolute atomic E-state index is 0.189. The summed E-state index contributed by atoms with van der Waals surface area (Å²) in [6.45, 7) is 2.21. The first-order chi connectivity index (χ1) is 19.2. The fraction of sp³-hybridized carbons (Fsp3) is 0.370. The van der Waals surface area contributed by atoms with Crippen LogP contribution in [0.3, 0.4) is 0 Å². The van der Waals surface area contributed by atoms with Crippen molar-refractivity contribution in [1.29, 1.82) is 0 Å². The normalized spacial score (nSPS) is 19.4. The molecule has 3 aliphatic heterocycles. The minimum atomic E-state index is -4.56. The van der Waals surface area contributed by atoms with Crippen molar-refractivity contribution in [2.45, 2.75) is 57.8 Å². The van der Waals surface area contributed by atoms with Crippen LogP contribution < -0.4 is 10.1 Å². The van der Waals surface area contributed by atoms with Gasteiger partial charge in [-0.05, 0) is 29.2 Å². The zero-order valence-electron chi connectivity index (χ0n) is 21.3. The second-order valence-corrected chi connectivity index (χ2v) is 10.1. The van der Waals surface area contributed by atoms with Crippen molar-refractivity contribution in [3.8, 4) is 5.75 Å². The van der Waals surface area contributed by atoms with E-state index in [0.29, 0.717) is 43.2 Å². The molecule has 4 heterocycles. The number of alkyl halides is 3. The first kappa shape index (κ1) is 26.0. The number of imide groups is 1. The van der Waals surface area contributed by atoms with Crippen LogP contribution in [-0.2, 0) is 48.6 Å². The van der Waals surface area contributed by atoms with Crippen LogP contribution in [0, 0.1) is 0 Å². The Morgan fingerprint density at radius 3 is 2.52 bits per heavy atom. The van der Waals surface area contributed by atoms with E-state index in [0.717, 1.165) is 16.7 Å². The van der Waals surface area contributed by atoms with E-state index in [4.69, 9.17) is 4.74 Å². The van der Waals surface area contributed by atoms with E-state index < -0.39 is 23.9 Å². The fourth-order valence-electron chi connectivity index (χ4n) is 5.30. The maximum atomic E-state index is 13.2. The zero-order chi connectivity index (χ0) is 28.0. The van der Waals surface area contributed by atoms with Crippen molar-refractivity contribution >= 4 is 17.7 Å². The van der Waals surface area contributed by atoms with Gasteiger partial charge in [-0.25, -0.2) is 9.67 Å². The van der Waals surface area contributed by atoms with Gasteiger partial charge in [-0.2, -0.15) is 13.2 Å². The van der Waals surface area contributed by atoms with E-state index in [9.17, 15) is 27.6 Å². The predicted octanol–water partition coefficient (Wildman–Crippen LogP) is 2.65. The lowest BCUT2D eigenvalue weighted by Crippen LogP contribution is -2.52. The van der Waals surface area contributed by atoms with Gasteiger partial charge in [0.1, 0.15) is 24.2 Å². The predicted molar refractivity (Wildman–Crippen MR) is 132 cm³/mol. The van der Waals surface area contributed by atoms with Crippen LogP contribution in [-0.4, -0.2) is 54.9 Å². The van der Waals surface area contributed by atoms with Crippen LogP contribution in [0.25, 0.3) is 0 Å². The molecule has 10 nitrogen and oxygen atoms in total. The lowest BCUT2D eigenvalue weighted by atomic mass is 10.0. The Hall–Kier alpha value is -4.26. The van der Waals surface area contributed by atoms with E-state index in [1.165, 1.54) is 9.58 Å². The van der Waals surface area contributed by atoms with E-state index in [1.807, 2.05) is 35.2 Å². The summed E-state index contributed by atoms with van der Waals surface area (Å²) in [5, 5.41) is 5.87. The molecule has 0 saturated carbocycles. The summed E-state index contributed by atoms with van der Waals surface area (Å²) >= 11 is 0. The molecule has 6 rings (SSSR count). The molecule has 208 valence electrons. The number of fused-ring (bicyclic) bond motifs is 2. The molecular formula is C27H25F3N6O4. The van der Waals surface area contributed by atoms with Gasteiger partial charge in [-0.15, -0.1) is 5.10 Å². The van der Waals surface area contributed by atoms with Crippen molar-refractivity contribution in [3.63, 3.8) is 0 Å². The number of aromatic nitrogens is 3. The van der Waals surface area contributed by atoms with Crippen molar-refractivity contribution < 1.29 is 32.3 Å². The Balaban J connectivity index is 1.07. The van der Waals surface area contributed by atoms with E-state index in [1.54, 1.807) is 12.1 Å². The summed E-state index contributed by atoms with van der Waals surface area (Å²) in [7, 11) is 0. The van der Waals surface area contributed by atoms with Gasteiger partial charge in [0.15, 0.2) is 0 Å². The molecule has 1 N–H and O–H groups in total. The molecule has 2 aromatic carbocycles. The topological polar surface area (TPSA) is 110 Å². The summed E-state index contributed by atoms with van der Waals surface area (Å²) in [5.41, 5.74) is 3.06. The standard InChI is InChI=1S/C27H25F3N6O4/c28-27(29,30)26-31-21-14-34(10-11-36(21)33-26)12-16-4-6-17(7-5-16)15-40-20-3-1-2-18-13-35(25(39)23(18)20)19-8-9-22(37)32-24(19)38/h1-7,19H,8-15H2,(H,32,37,38). The zero-order valence-corrected chi connectivity index (χ0v) is 21.3. The Labute approximate surface area is 226 Å². The molecule has 13 heteroatoms. The van der Waals surface area contributed by atoms with E-state index >= 15 is 0 Å². The fourth-order valence-corrected chi connectivity index (χ4v) is 5.30. The highest BCUT2D eigenvalue weighted by atomic mass is 19.4. The molecule has 0 aliphatic carbocycles. The van der Waals surface area contributed by atoms with Crippen molar-refractivity contribution in [2.75, 3.05) is 6.54 Å². The van der Waals surface area contributed by atoms with Crippen LogP contribution in [0.15, 0.2) is 42.5 Å². The van der Waals surface area contributed by atoms with Gasteiger partial charge in [0.25, 0.3) is 11.7 Å². The van der Waals surface area contributed by atoms with Gasteiger partial charge in [0.05, 0.1) is 18.7 Å². The Bertz CT molecular complexity index is 1490. The average molecular weight is 555 g/mol. The number of benzene rings is 2. The van der Waals surface area contributed by atoms with Gasteiger partial charge < -0.3 is 9.64 Å². The summed E-state index contributed by atoms with van der Waals surface area (Å²) in [6, 6.07) is 12.3. The first-order valence-corrected chi connectivity index (χ1v) is 12.9. The number of rotatable bonds is 6. The van der Waals surface area contributed by atoms with Crippen molar-refractivity contribution in [3.05, 3.63) is 76.4 Å². The second kappa shape index (κ2) is 10.0. The molecule has 40 heavy (non-hydrogen) atoms. The van der Waals surface area contributed by atoms with Crippen LogP contribution in [0.5, 0.6) is 5.75 Å². The molecular weight excluding hydrogens is 529 g/mol. The van der Waals surface area contributed by atoms with E-state index in [-0.39, 0.29) is 37.9 Å². The molecule has 3 aromatic rings. The smallest absolute Gasteiger partial charge is 0.453 e. The number of nitrogens with zero attached hydrogens (tertiary/aromatic N) is 5. The van der Waals surface area contributed by atoms with Gasteiger partial charge in [-0.3, -0.25) is 24.6 Å². The minimum Gasteiger partial charge on any atom is -0.488 e. The molecule has 3 aliphatic rings. The third kappa shape index (κ3) is 5.04. The number of hydrogen-bond acceptors (Lipinski definition) is 7.